The standard InChI is InChI=1S/C12H4F5NO3/c13-7-6(8(14)10(16)11(17)9(7)15)4-2-18-5(19)1-3(4)12(20)21/h1-2H,(H,18,19)(H,20,21). The molecule has 0 unspecified atom stereocenters. The van der Waals surface area contributed by atoms with Crippen LogP contribution in [0, 0.1) is 29.1 Å². The van der Waals surface area contributed by atoms with Crippen molar-refractivity contribution in [1.82, 2.24) is 4.98 Å². The fourth-order valence-electron chi connectivity index (χ4n) is 1.70. The van der Waals surface area contributed by atoms with Gasteiger partial charge in [-0.25, -0.2) is 26.7 Å². The summed E-state index contributed by atoms with van der Waals surface area (Å²) in [5.74, 6) is -12.9. The van der Waals surface area contributed by atoms with Crippen molar-refractivity contribution in [3.63, 3.8) is 0 Å². The Balaban J connectivity index is 2.92. The SMILES string of the molecule is O=C(O)c1cc(=O)[nH]cc1-c1c(F)c(F)c(F)c(F)c1F. The van der Waals surface area contributed by atoms with Crippen molar-refractivity contribution < 1.29 is 31.9 Å². The number of carboxylic acid groups (broad SMARTS) is 1. The van der Waals surface area contributed by atoms with Gasteiger partial charge < -0.3 is 10.1 Å². The van der Waals surface area contributed by atoms with E-state index in [0.717, 1.165) is 0 Å². The van der Waals surface area contributed by atoms with E-state index in [-0.39, 0.29) is 0 Å². The van der Waals surface area contributed by atoms with E-state index in [2.05, 4.69) is 0 Å². The molecule has 1 aromatic carbocycles. The number of rotatable bonds is 2. The van der Waals surface area contributed by atoms with E-state index in [1.807, 2.05) is 4.98 Å². The van der Waals surface area contributed by atoms with Crippen molar-refractivity contribution in [2.24, 2.45) is 0 Å². The highest BCUT2D eigenvalue weighted by Crippen LogP contribution is 2.32. The van der Waals surface area contributed by atoms with E-state index in [1.54, 1.807) is 0 Å². The van der Waals surface area contributed by atoms with E-state index >= 15 is 0 Å². The van der Waals surface area contributed by atoms with Crippen LogP contribution in [0.3, 0.4) is 0 Å². The van der Waals surface area contributed by atoms with Gasteiger partial charge in [-0.05, 0) is 0 Å². The summed E-state index contributed by atoms with van der Waals surface area (Å²) in [6.07, 6.45) is 0.560. The minimum absolute atomic E-state index is 0.468. The van der Waals surface area contributed by atoms with Crippen molar-refractivity contribution in [2.75, 3.05) is 0 Å². The molecule has 1 heterocycles. The number of nitrogens with one attached hydrogen (secondary N) is 1. The first kappa shape index (κ1) is 14.7. The molecule has 0 saturated carbocycles. The number of hydrogen-bond acceptors (Lipinski definition) is 2. The van der Waals surface area contributed by atoms with Gasteiger partial charge in [0.05, 0.1) is 11.1 Å². The number of aromatic nitrogens is 1. The van der Waals surface area contributed by atoms with E-state index in [9.17, 15) is 31.5 Å². The molecule has 0 aliphatic rings. The van der Waals surface area contributed by atoms with Crippen LogP contribution >= 0.6 is 0 Å². The van der Waals surface area contributed by atoms with Crippen molar-refractivity contribution in [3.8, 4) is 11.1 Å². The molecule has 4 nitrogen and oxygen atoms in total. The lowest BCUT2D eigenvalue weighted by atomic mass is 10.00. The molecule has 0 radical (unpaired) electrons. The van der Waals surface area contributed by atoms with Gasteiger partial charge in [-0.3, -0.25) is 4.79 Å². The van der Waals surface area contributed by atoms with E-state index in [0.29, 0.717) is 12.3 Å². The van der Waals surface area contributed by atoms with Crippen LogP contribution in [0.4, 0.5) is 22.0 Å². The molecule has 0 amide bonds. The van der Waals surface area contributed by atoms with E-state index in [4.69, 9.17) is 5.11 Å². The quantitative estimate of drug-likeness (QED) is 0.508. The molecular weight excluding hydrogens is 301 g/mol. The summed E-state index contributed by atoms with van der Waals surface area (Å²) >= 11 is 0. The maximum atomic E-state index is 13.6. The molecule has 0 aliphatic carbocycles. The number of aromatic amines is 1. The Morgan fingerprint density at radius 1 is 0.952 bits per heavy atom. The van der Waals surface area contributed by atoms with E-state index in [1.165, 1.54) is 0 Å². The zero-order valence-electron chi connectivity index (χ0n) is 9.81. The number of H-pyrrole nitrogens is 1. The molecule has 0 fully saturated rings. The van der Waals surface area contributed by atoms with Crippen molar-refractivity contribution in [2.45, 2.75) is 0 Å². The number of pyridine rings is 1. The number of hydrogen-bond donors (Lipinski definition) is 2. The number of carbonyl (C=O) groups is 1. The summed E-state index contributed by atoms with van der Waals surface area (Å²) in [4.78, 5) is 23.9. The second kappa shape index (κ2) is 5.00. The Kier molecular flexibility index (Phi) is 3.50. The Hall–Kier alpha value is -2.71. The highest BCUT2D eigenvalue weighted by molar-refractivity contribution is 5.95. The normalized spacial score (nSPS) is 10.7. The Morgan fingerprint density at radius 3 is 1.90 bits per heavy atom. The third-order valence-electron chi connectivity index (χ3n) is 2.63. The lowest BCUT2D eigenvalue weighted by Crippen LogP contribution is -2.13. The van der Waals surface area contributed by atoms with Gasteiger partial charge in [-0.1, -0.05) is 0 Å². The molecular formula is C12H4F5NO3. The zero-order chi connectivity index (χ0) is 15.9. The Morgan fingerprint density at radius 2 is 1.43 bits per heavy atom. The molecule has 2 aromatic rings. The van der Waals surface area contributed by atoms with Gasteiger partial charge in [-0.2, -0.15) is 0 Å². The smallest absolute Gasteiger partial charge is 0.336 e. The summed E-state index contributed by atoms with van der Waals surface area (Å²) in [5, 5.41) is 8.87. The molecule has 0 atom stereocenters. The minimum atomic E-state index is -2.37. The molecule has 2 rings (SSSR count). The summed E-state index contributed by atoms with van der Waals surface area (Å²) < 4.78 is 66.4. The second-order valence-corrected chi connectivity index (χ2v) is 3.87. The van der Waals surface area contributed by atoms with Crippen LogP contribution in [0.2, 0.25) is 0 Å². The third kappa shape index (κ3) is 2.26. The molecule has 2 N–H and O–H groups in total. The van der Waals surface area contributed by atoms with Gasteiger partial charge in [-0.15, -0.1) is 0 Å². The van der Waals surface area contributed by atoms with Gasteiger partial charge in [0.15, 0.2) is 23.3 Å². The first-order valence-corrected chi connectivity index (χ1v) is 5.23. The lowest BCUT2D eigenvalue weighted by Gasteiger charge is -2.10. The highest BCUT2D eigenvalue weighted by atomic mass is 19.2. The Bertz CT molecular complexity index is 786. The van der Waals surface area contributed by atoms with Crippen LogP contribution in [-0.2, 0) is 0 Å². The molecule has 0 bridgehead atoms. The third-order valence-corrected chi connectivity index (χ3v) is 2.63. The van der Waals surface area contributed by atoms with Crippen molar-refractivity contribution >= 4 is 5.97 Å². The van der Waals surface area contributed by atoms with E-state index < -0.39 is 57.3 Å². The maximum absolute atomic E-state index is 13.6. The average molecular weight is 305 g/mol. The predicted octanol–water partition coefficient (Wildman–Crippen LogP) is 2.44. The van der Waals surface area contributed by atoms with Crippen LogP contribution in [-0.4, -0.2) is 16.1 Å². The molecule has 0 spiro atoms. The van der Waals surface area contributed by atoms with Crippen LogP contribution in [0.1, 0.15) is 10.4 Å². The fourth-order valence-corrected chi connectivity index (χ4v) is 1.70. The summed E-state index contributed by atoms with van der Waals surface area (Å²) in [6.45, 7) is 0. The summed E-state index contributed by atoms with van der Waals surface area (Å²) in [7, 11) is 0. The number of carboxylic acids is 1. The second-order valence-electron chi connectivity index (χ2n) is 3.87. The van der Waals surface area contributed by atoms with Crippen LogP contribution in [0.25, 0.3) is 11.1 Å². The largest absolute Gasteiger partial charge is 0.478 e. The zero-order valence-corrected chi connectivity index (χ0v) is 9.81. The van der Waals surface area contributed by atoms with Gasteiger partial charge in [0, 0.05) is 17.8 Å². The maximum Gasteiger partial charge on any atom is 0.336 e. The topological polar surface area (TPSA) is 70.2 Å². The van der Waals surface area contributed by atoms with Crippen LogP contribution in [0.15, 0.2) is 17.1 Å². The number of benzene rings is 1. The monoisotopic (exact) mass is 305 g/mol. The molecule has 21 heavy (non-hydrogen) atoms. The van der Waals surface area contributed by atoms with Gasteiger partial charge >= 0.3 is 5.97 Å². The minimum Gasteiger partial charge on any atom is -0.478 e. The predicted molar refractivity (Wildman–Crippen MR) is 59.2 cm³/mol. The molecule has 0 aliphatic heterocycles. The van der Waals surface area contributed by atoms with Gasteiger partial charge in [0.1, 0.15) is 0 Å². The first-order chi connectivity index (χ1) is 9.75. The fraction of sp³-hybridized carbons (Fsp3) is 0. The van der Waals surface area contributed by atoms with Crippen molar-refractivity contribution in [3.05, 3.63) is 57.3 Å². The number of aromatic carboxylic acids is 1. The molecule has 110 valence electrons. The molecule has 1 aromatic heterocycles. The van der Waals surface area contributed by atoms with Gasteiger partial charge in [0.2, 0.25) is 11.4 Å². The Labute approximate surface area is 112 Å². The lowest BCUT2D eigenvalue weighted by molar-refractivity contribution is 0.0697. The average Bonchev–Trinajstić information content (AvgIpc) is 2.44. The molecule has 9 heteroatoms. The highest BCUT2D eigenvalue weighted by Gasteiger charge is 2.29. The number of halogens is 5. The molecule has 0 saturated heterocycles. The van der Waals surface area contributed by atoms with Crippen LogP contribution < -0.4 is 5.56 Å². The van der Waals surface area contributed by atoms with Crippen molar-refractivity contribution in [1.29, 1.82) is 0 Å². The summed E-state index contributed by atoms with van der Waals surface area (Å²) in [5.41, 5.74) is -4.09. The summed E-state index contributed by atoms with van der Waals surface area (Å²) in [6, 6.07) is 0.468. The van der Waals surface area contributed by atoms with Gasteiger partial charge in [0.25, 0.3) is 0 Å². The first-order valence-electron chi connectivity index (χ1n) is 5.23. The van der Waals surface area contributed by atoms with Crippen LogP contribution in [0.5, 0.6) is 0 Å².